The fourth-order valence-corrected chi connectivity index (χ4v) is 2.75. The molecule has 0 saturated carbocycles. The van der Waals surface area contributed by atoms with E-state index in [0.717, 1.165) is 6.42 Å². The van der Waals surface area contributed by atoms with Crippen molar-refractivity contribution >= 4 is 11.6 Å². The van der Waals surface area contributed by atoms with Gasteiger partial charge in [-0.2, -0.15) is 0 Å². The molecule has 3 unspecified atom stereocenters. The maximum Gasteiger partial charge on any atom is 0.129 e. The van der Waals surface area contributed by atoms with Gasteiger partial charge < -0.3 is 5.32 Å². The van der Waals surface area contributed by atoms with Gasteiger partial charge in [0.25, 0.3) is 0 Å². The predicted molar refractivity (Wildman–Crippen MR) is 67.9 cm³/mol. The summed E-state index contributed by atoms with van der Waals surface area (Å²) in [5, 5.41) is 4.23. The van der Waals surface area contributed by atoms with Gasteiger partial charge in [0.1, 0.15) is 5.15 Å². The SMILES string of the molecule is CCC(c1ccc(Cl)nc1)C1CCC(C)N1. The molecule has 1 aromatic rings. The van der Waals surface area contributed by atoms with Crippen molar-refractivity contribution in [3.8, 4) is 0 Å². The zero-order valence-corrected chi connectivity index (χ0v) is 10.7. The quantitative estimate of drug-likeness (QED) is 0.817. The minimum atomic E-state index is 0.565. The Morgan fingerprint density at radius 3 is 2.81 bits per heavy atom. The third-order valence-corrected chi connectivity index (χ3v) is 3.74. The van der Waals surface area contributed by atoms with Crippen LogP contribution in [0.2, 0.25) is 5.15 Å². The predicted octanol–water partition coefficient (Wildman–Crippen LogP) is 3.37. The van der Waals surface area contributed by atoms with Crippen LogP contribution in [0.3, 0.4) is 0 Å². The maximum absolute atomic E-state index is 5.82. The number of nitrogens with one attached hydrogen (secondary N) is 1. The number of rotatable bonds is 3. The van der Waals surface area contributed by atoms with Crippen LogP contribution in [0.15, 0.2) is 18.3 Å². The molecule has 1 aliphatic heterocycles. The normalized spacial score (nSPS) is 26.9. The fourth-order valence-electron chi connectivity index (χ4n) is 2.64. The van der Waals surface area contributed by atoms with E-state index >= 15 is 0 Å². The van der Waals surface area contributed by atoms with Gasteiger partial charge in [-0.3, -0.25) is 0 Å². The van der Waals surface area contributed by atoms with Crippen molar-refractivity contribution in [1.82, 2.24) is 10.3 Å². The second-order valence-electron chi connectivity index (χ2n) is 4.68. The van der Waals surface area contributed by atoms with Gasteiger partial charge in [-0.05, 0) is 37.8 Å². The van der Waals surface area contributed by atoms with E-state index in [2.05, 4.69) is 30.2 Å². The summed E-state index contributed by atoms with van der Waals surface area (Å²) in [7, 11) is 0. The molecular weight excluding hydrogens is 220 g/mol. The van der Waals surface area contributed by atoms with Gasteiger partial charge in [-0.1, -0.05) is 24.6 Å². The van der Waals surface area contributed by atoms with Gasteiger partial charge in [0.2, 0.25) is 0 Å². The number of pyridine rings is 1. The molecule has 2 nitrogen and oxygen atoms in total. The molecule has 1 aliphatic rings. The molecule has 3 atom stereocenters. The van der Waals surface area contributed by atoms with Crippen LogP contribution < -0.4 is 5.32 Å². The van der Waals surface area contributed by atoms with Crippen molar-refractivity contribution in [3.63, 3.8) is 0 Å². The lowest BCUT2D eigenvalue weighted by atomic mass is 9.89. The third-order valence-electron chi connectivity index (χ3n) is 3.51. The monoisotopic (exact) mass is 238 g/mol. The lowest BCUT2D eigenvalue weighted by molar-refractivity contribution is 0.458. The summed E-state index contributed by atoms with van der Waals surface area (Å²) in [6.07, 6.45) is 5.61. The molecule has 0 bridgehead atoms. The Balaban J connectivity index is 2.13. The van der Waals surface area contributed by atoms with Crippen LogP contribution in [0.4, 0.5) is 0 Å². The topological polar surface area (TPSA) is 24.9 Å². The third kappa shape index (κ3) is 2.55. The first-order valence-electron chi connectivity index (χ1n) is 6.08. The Bertz CT molecular complexity index is 336. The van der Waals surface area contributed by atoms with E-state index in [-0.39, 0.29) is 0 Å². The molecule has 88 valence electrons. The molecule has 0 spiro atoms. The highest BCUT2D eigenvalue weighted by molar-refractivity contribution is 6.29. The van der Waals surface area contributed by atoms with E-state index in [4.69, 9.17) is 11.6 Å². The zero-order chi connectivity index (χ0) is 11.5. The molecule has 0 aromatic carbocycles. The lowest BCUT2D eigenvalue weighted by Gasteiger charge is -2.23. The Morgan fingerprint density at radius 2 is 2.31 bits per heavy atom. The first-order valence-corrected chi connectivity index (χ1v) is 6.46. The number of aromatic nitrogens is 1. The van der Waals surface area contributed by atoms with Crippen LogP contribution in [-0.4, -0.2) is 17.1 Å². The minimum Gasteiger partial charge on any atom is -0.311 e. The molecule has 1 aromatic heterocycles. The molecule has 16 heavy (non-hydrogen) atoms. The first-order chi connectivity index (χ1) is 7.70. The number of hydrogen-bond donors (Lipinski definition) is 1. The van der Waals surface area contributed by atoms with Gasteiger partial charge in [0.05, 0.1) is 0 Å². The highest BCUT2D eigenvalue weighted by Crippen LogP contribution is 2.29. The Hall–Kier alpha value is -0.600. The summed E-state index contributed by atoms with van der Waals surface area (Å²) >= 11 is 5.82. The summed E-state index contributed by atoms with van der Waals surface area (Å²) in [4.78, 5) is 4.18. The van der Waals surface area contributed by atoms with E-state index in [1.807, 2.05) is 12.3 Å². The largest absolute Gasteiger partial charge is 0.311 e. The molecule has 0 amide bonds. The molecule has 2 rings (SSSR count). The second-order valence-corrected chi connectivity index (χ2v) is 5.07. The Labute approximate surface area is 102 Å². The molecule has 0 aliphatic carbocycles. The van der Waals surface area contributed by atoms with Crippen LogP contribution in [0.25, 0.3) is 0 Å². The summed E-state index contributed by atoms with van der Waals surface area (Å²) in [6, 6.07) is 5.24. The van der Waals surface area contributed by atoms with Crippen LogP contribution in [0, 0.1) is 0 Å². The lowest BCUT2D eigenvalue weighted by Crippen LogP contribution is -2.32. The number of hydrogen-bond acceptors (Lipinski definition) is 2. The summed E-state index contributed by atoms with van der Waals surface area (Å²) < 4.78 is 0. The van der Waals surface area contributed by atoms with Gasteiger partial charge in [-0.15, -0.1) is 0 Å². The highest BCUT2D eigenvalue weighted by Gasteiger charge is 2.28. The van der Waals surface area contributed by atoms with Crippen molar-refractivity contribution in [2.45, 2.75) is 51.1 Å². The van der Waals surface area contributed by atoms with Crippen LogP contribution >= 0.6 is 11.6 Å². The minimum absolute atomic E-state index is 0.565. The van der Waals surface area contributed by atoms with E-state index in [9.17, 15) is 0 Å². The average molecular weight is 239 g/mol. The fraction of sp³-hybridized carbons (Fsp3) is 0.615. The molecule has 0 radical (unpaired) electrons. The van der Waals surface area contributed by atoms with Crippen molar-refractivity contribution in [1.29, 1.82) is 0 Å². The van der Waals surface area contributed by atoms with Crippen molar-refractivity contribution in [3.05, 3.63) is 29.0 Å². The van der Waals surface area contributed by atoms with E-state index < -0.39 is 0 Å². The van der Waals surface area contributed by atoms with Crippen LogP contribution in [0.5, 0.6) is 0 Å². The van der Waals surface area contributed by atoms with E-state index in [1.165, 1.54) is 18.4 Å². The van der Waals surface area contributed by atoms with E-state index in [1.54, 1.807) is 0 Å². The van der Waals surface area contributed by atoms with Gasteiger partial charge in [0, 0.05) is 24.2 Å². The van der Waals surface area contributed by atoms with Gasteiger partial charge >= 0.3 is 0 Å². The van der Waals surface area contributed by atoms with Crippen LogP contribution in [-0.2, 0) is 0 Å². The maximum atomic E-state index is 5.82. The molecule has 1 N–H and O–H groups in total. The number of halogens is 1. The average Bonchev–Trinajstić information content (AvgIpc) is 2.69. The Kier molecular flexibility index (Phi) is 3.82. The van der Waals surface area contributed by atoms with Crippen molar-refractivity contribution < 1.29 is 0 Å². The summed E-state index contributed by atoms with van der Waals surface area (Å²) in [6.45, 7) is 4.50. The Morgan fingerprint density at radius 1 is 1.50 bits per heavy atom. The van der Waals surface area contributed by atoms with Gasteiger partial charge in [-0.25, -0.2) is 4.98 Å². The molecule has 2 heterocycles. The van der Waals surface area contributed by atoms with Gasteiger partial charge in [0.15, 0.2) is 0 Å². The van der Waals surface area contributed by atoms with Crippen molar-refractivity contribution in [2.75, 3.05) is 0 Å². The number of nitrogens with zero attached hydrogens (tertiary/aromatic N) is 1. The highest BCUT2D eigenvalue weighted by atomic mass is 35.5. The van der Waals surface area contributed by atoms with E-state index in [0.29, 0.717) is 23.2 Å². The van der Waals surface area contributed by atoms with Crippen LogP contribution in [0.1, 0.15) is 44.6 Å². The summed E-state index contributed by atoms with van der Waals surface area (Å²) in [5.41, 5.74) is 1.30. The van der Waals surface area contributed by atoms with Crippen molar-refractivity contribution in [2.24, 2.45) is 0 Å². The smallest absolute Gasteiger partial charge is 0.129 e. The summed E-state index contributed by atoms with van der Waals surface area (Å²) in [5.74, 6) is 0.565. The molecule has 3 heteroatoms. The molecular formula is C13H19ClN2. The molecule has 1 fully saturated rings. The first kappa shape index (κ1) is 11.9. The zero-order valence-electron chi connectivity index (χ0n) is 9.91. The standard InChI is InChI=1S/C13H19ClN2/c1-3-11(12-6-4-9(2)16-12)10-5-7-13(14)15-8-10/h5,7-9,11-12,16H,3-4,6H2,1-2H3. The second kappa shape index (κ2) is 5.15. The molecule has 1 saturated heterocycles.